The lowest BCUT2D eigenvalue weighted by Crippen LogP contribution is -2.37. The quantitative estimate of drug-likeness (QED) is 0.861. The van der Waals surface area contributed by atoms with Crippen LogP contribution in [0.2, 0.25) is 0 Å². The van der Waals surface area contributed by atoms with E-state index >= 15 is 0 Å². The Bertz CT molecular complexity index is 572. The zero-order valence-corrected chi connectivity index (χ0v) is 14.6. The molecule has 1 atom stereocenters. The van der Waals surface area contributed by atoms with Gasteiger partial charge in [-0.15, -0.1) is 11.8 Å². The first kappa shape index (κ1) is 17.6. The van der Waals surface area contributed by atoms with Gasteiger partial charge in [0.2, 0.25) is 0 Å². The number of hydrogen-bond donors (Lipinski definition) is 1. The summed E-state index contributed by atoms with van der Waals surface area (Å²) < 4.78 is 0. The van der Waals surface area contributed by atoms with Crippen LogP contribution in [0.4, 0.5) is 10.5 Å². The van der Waals surface area contributed by atoms with Crippen LogP contribution < -0.4 is 5.32 Å². The van der Waals surface area contributed by atoms with Crippen molar-refractivity contribution >= 4 is 23.5 Å². The third kappa shape index (κ3) is 5.45. The summed E-state index contributed by atoms with van der Waals surface area (Å²) in [5, 5.41) is 11.9. The van der Waals surface area contributed by atoms with Gasteiger partial charge in [0.15, 0.2) is 0 Å². The predicted octanol–water partition coefficient (Wildman–Crippen LogP) is 3.11. The van der Waals surface area contributed by atoms with Crippen molar-refractivity contribution in [2.45, 2.75) is 18.2 Å². The average molecular weight is 332 g/mol. The Morgan fingerprint density at radius 2 is 2.13 bits per heavy atom. The molecule has 0 aromatic heterocycles. The van der Waals surface area contributed by atoms with E-state index < -0.39 is 0 Å². The van der Waals surface area contributed by atoms with Gasteiger partial charge in [0.05, 0.1) is 17.7 Å². The molecule has 1 N–H and O–H groups in total. The fourth-order valence-electron chi connectivity index (χ4n) is 2.39. The molecule has 1 aliphatic heterocycles. The SMILES string of the molecule is CC(C#N)CSc1ccccc1NC(=O)N1CCCN(C)CC1. The summed E-state index contributed by atoms with van der Waals surface area (Å²) >= 11 is 1.61. The number of carbonyl (C=O) groups is 1. The van der Waals surface area contributed by atoms with Gasteiger partial charge in [-0.25, -0.2) is 4.79 Å². The summed E-state index contributed by atoms with van der Waals surface area (Å²) in [5.74, 6) is 0.711. The number of urea groups is 1. The molecule has 1 fully saturated rings. The molecule has 0 bridgehead atoms. The van der Waals surface area contributed by atoms with Gasteiger partial charge in [-0.1, -0.05) is 12.1 Å². The van der Waals surface area contributed by atoms with Crippen molar-refractivity contribution < 1.29 is 4.79 Å². The van der Waals surface area contributed by atoms with Gasteiger partial charge in [-0.05, 0) is 39.1 Å². The largest absolute Gasteiger partial charge is 0.323 e. The van der Waals surface area contributed by atoms with Gasteiger partial charge in [0.25, 0.3) is 0 Å². The van der Waals surface area contributed by atoms with Crippen molar-refractivity contribution in [1.82, 2.24) is 9.80 Å². The number of thioether (sulfide) groups is 1. The average Bonchev–Trinajstić information content (AvgIpc) is 2.78. The second-order valence-electron chi connectivity index (χ2n) is 5.91. The Morgan fingerprint density at radius 3 is 2.91 bits per heavy atom. The molecule has 0 spiro atoms. The van der Waals surface area contributed by atoms with Gasteiger partial charge >= 0.3 is 6.03 Å². The number of amides is 2. The molecular formula is C17H24N4OS. The van der Waals surface area contributed by atoms with Crippen LogP contribution in [0.3, 0.4) is 0 Å². The van der Waals surface area contributed by atoms with Crippen molar-refractivity contribution in [3.63, 3.8) is 0 Å². The Labute approximate surface area is 142 Å². The van der Waals surface area contributed by atoms with Gasteiger partial charge in [-0.2, -0.15) is 5.26 Å². The van der Waals surface area contributed by atoms with E-state index in [1.165, 1.54) is 0 Å². The van der Waals surface area contributed by atoms with E-state index in [1.54, 1.807) is 11.8 Å². The molecule has 1 heterocycles. The highest BCUT2D eigenvalue weighted by Crippen LogP contribution is 2.28. The second kappa shape index (κ2) is 8.80. The minimum atomic E-state index is -0.0401. The summed E-state index contributed by atoms with van der Waals surface area (Å²) in [7, 11) is 2.09. The maximum Gasteiger partial charge on any atom is 0.321 e. The van der Waals surface area contributed by atoms with Gasteiger partial charge in [-0.3, -0.25) is 0 Å². The van der Waals surface area contributed by atoms with Crippen LogP contribution in [0.1, 0.15) is 13.3 Å². The molecule has 23 heavy (non-hydrogen) atoms. The van der Waals surface area contributed by atoms with Crippen molar-refractivity contribution in [1.29, 1.82) is 5.26 Å². The topological polar surface area (TPSA) is 59.4 Å². The number of nitrogens with one attached hydrogen (secondary N) is 1. The van der Waals surface area contributed by atoms with Crippen LogP contribution in [0.25, 0.3) is 0 Å². The Balaban J connectivity index is 1.99. The molecule has 0 aliphatic carbocycles. The van der Waals surface area contributed by atoms with Crippen LogP contribution in [0.5, 0.6) is 0 Å². The number of anilines is 1. The fraction of sp³-hybridized carbons (Fsp3) is 0.529. The highest BCUT2D eigenvalue weighted by atomic mass is 32.2. The van der Waals surface area contributed by atoms with E-state index in [0.29, 0.717) is 0 Å². The summed E-state index contributed by atoms with van der Waals surface area (Å²) in [4.78, 5) is 17.6. The highest BCUT2D eigenvalue weighted by molar-refractivity contribution is 7.99. The normalized spacial score (nSPS) is 17.2. The van der Waals surface area contributed by atoms with E-state index in [1.807, 2.05) is 36.1 Å². The molecule has 1 aromatic rings. The van der Waals surface area contributed by atoms with Crippen LogP contribution in [-0.4, -0.2) is 54.8 Å². The van der Waals surface area contributed by atoms with Crippen molar-refractivity contribution in [2.24, 2.45) is 5.92 Å². The van der Waals surface area contributed by atoms with E-state index in [4.69, 9.17) is 5.26 Å². The zero-order valence-electron chi connectivity index (χ0n) is 13.8. The number of nitrogens with zero attached hydrogens (tertiary/aromatic N) is 3. The van der Waals surface area contributed by atoms with Crippen molar-refractivity contribution in [3.05, 3.63) is 24.3 Å². The number of carbonyl (C=O) groups excluding carboxylic acids is 1. The molecular weight excluding hydrogens is 308 g/mol. The Kier molecular flexibility index (Phi) is 6.75. The smallest absolute Gasteiger partial charge is 0.321 e. The monoisotopic (exact) mass is 332 g/mol. The highest BCUT2D eigenvalue weighted by Gasteiger charge is 2.18. The molecule has 124 valence electrons. The van der Waals surface area contributed by atoms with Gasteiger partial charge in [0, 0.05) is 30.3 Å². The lowest BCUT2D eigenvalue weighted by Gasteiger charge is -2.22. The van der Waals surface area contributed by atoms with Gasteiger partial charge < -0.3 is 15.1 Å². The number of hydrogen-bond acceptors (Lipinski definition) is 4. The van der Waals surface area contributed by atoms with Gasteiger partial charge in [0.1, 0.15) is 0 Å². The lowest BCUT2D eigenvalue weighted by atomic mass is 10.3. The summed E-state index contributed by atoms with van der Waals surface area (Å²) in [6.45, 7) is 5.38. The Morgan fingerprint density at radius 1 is 1.35 bits per heavy atom. The standard InChI is InChI=1S/C17H24N4OS/c1-14(12-18)13-23-16-7-4-3-6-15(16)19-17(22)21-9-5-8-20(2)10-11-21/h3-4,6-7,14H,5,8-11,13H2,1-2H3,(H,19,22). The molecule has 0 saturated carbocycles. The maximum absolute atomic E-state index is 12.5. The molecule has 1 unspecified atom stereocenters. The van der Waals surface area contributed by atoms with E-state index in [0.717, 1.165) is 48.9 Å². The van der Waals surface area contributed by atoms with Crippen LogP contribution in [0.15, 0.2) is 29.2 Å². The minimum Gasteiger partial charge on any atom is -0.323 e. The molecule has 0 radical (unpaired) electrons. The van der Waals surface area contributed by atoms with Crippen molar-refractivity contribution in [2.75, 3.05) is 44.3 Å². The summed E-state index contributed by atoms with van der Waals surface area (Å²) in [6, 6.07) is 9.98. The number of benzene rings is 1. The first-order valence-corrected chi connectivity index (χ1v) is 8.94. The van der Waals surface area contributed by atoms with E-state index in [9.17, 15) is 4.79 Å². The van der Waals surface area contributed by atoms with Crippen molar-refractivity contribution in [3.8, 4) is 6.07 Å². The molecule has 6 heteroatoms. The zero-order chi connectivity index (χ0) is 16.7. The molecule has 1 saturated heterocycles. The first-order valence-electron chi connectivity index (χ1n) is 7.96. The second-order valence-corrected chi connectivity index (χ2v) is 6.97. The fourth-order valence-corrected chi connectivity index (χ4v) is 3.35. The Hall–Kier alpha value is -1.71. The van der Waals surface area contributed by atoms with E-state index in [2.05, 4.69) is 23.3 Å². The molecule has 2 rings (SSSR count). The predicted molar refractivity (Wildman–Crippen MR) is 94.6 cm³/mol. The van der Waals surface area contributed by atoms with Crippen LogP contribution in [0, 0.1) is 17.2 Å². The third-order valence-electron chi connectivity index (χ3n) is 3.84. The maximum atomic E-state index is 12.5. The molecule has 1 aliphatic rings. The first-order chi connectivity index (χ1) is 11.1. The lowest BCUT2D eigenvalue weighted by molar-refractivity contribution is 0.213. The molecule has 2 amide bonds. The summed E-state index contributed by atoms with van der Waals surface area (Å²) in [5.41, 5.74) is 0.824. The summed E-state index contributed by atoms with van der Waals surface area (Å²) in [6.07, 6.45) is 1.00. The van der Waals surface area contributed by atoms with Crippen LogP contribution >= 0.6 is 11.8 Å². The van der Waals surface area contributed by atoms with E-state index in [-0.39, 0.29) is 11.9 Å². The molecule has 5 nitrogen and oxygen atoms in total. The van der Waals surface area contributed by atoms with Crippen LogP contribution in [-0.2, 0) is 0 Å². The number of likely N-dealkylation sites (N-methyl/N-ethyl adjacent to an activating group) is 1. The molecule has 1 aromatic carbocycles. The number of para-hydroxylation sites is 1. The minimum absolute atomic E-state index is 0.00935. The number of rotatable bonds is 4. The number of nitriles is 1. The third-order valence-corrected chi connectivity index (χ3v) is 5.18.